The highest BCUT2D eigenvalue weighted by Crippen LogP contribution is 2.42. The van der Waals surface area contributed by atoms with Crippen molar-refractivity contribution in [2.24, 2.45) is 0 Å². The predicted octanol–water partition coefficient (Wildman–Crippen LogP) is 7.31. The standard InChI is InChI=1S/C22H21BrO/c1-2-3-4-5-13-24-22-18-12-11-16-8-6-7-15-9-10-17(14-19(22)23)21(18)20(15)16/h6-12,14H,2-5,13H2,1H3. The maximum absolute atomic E-state index is 6.19. The number of ether oxygens (including phenoxy) is 1. The highest BCUT2D eigenvalue weighted by atomic mass is 79.9. The summed E-state index contributed by atoms with van der Waals surface area (Å²) < 4.78 is 7.24. The summed E-state index contributed by atoms with van der Waals surface area (Å²) in [5.41, 5.74) is 0. The Bertz CT molecular complexity index is 974. The van der Waals surface area contributed by atoms with Gasteiger partial charge < -0.3 is 4.74 Å². The SMILES string of the molecule is CCCCCCOc1c(Br)cc2ccc3cccc4ccc1c2c34. The fourth-order valence-corrected chi connectivity index (χ4v) is 4.17. The van der Waals surface area contributed by atoms with Gasteiger partial charge in [0.2, 0.25) is 0 Å². The lowest BCUT2D eigenvalue weighted by molar-refractivity contribution is 0.307. The van der Waals surface area contributed by atoms with Crippen LogP contribution in [0.25, 0.3) is 32.3 Å². The molecule has 0 atom stereocenters. The van der Waals surface area contributed by atoms with Gasteiger partial charge in [-0.05, 0) is 56.0 Å². The van der Waals surface area contributed by atoms with Gasteiger partial charge in [0.05, 0.1) is 11.1 Å². The van der Waals surface area contributed by atoms with Crippen LogP contribution in [0, 0.1) is 0 Å². The number of benzene rings is 4. The van der Waals surface area contributed by atoms with Crippen LogP contribution in [-0.2, 0) is 0 Å². The lowest BCUT2D eigenvalue weighted by atomic mass is 9.94. The summed E-state index contributed by atoms with van der Waals surface area (Å²) in [5.74, 6) is 0.984. The van der Waals surface area contributed by atoms with Crippen molar-refractivity contribution in [2.45, 2.75) is 32.6 Å². The molecule has 0 radical (unpaired) electrons. The maximum atomic E-state index is 6.19. The Hall–Kier alpha value is -1.80. The van der Waals surface area contributed by atoms with E-state index in [0.29, 0.717) is 0 Å². The molecule has 2 heteroatoms. The Morgan fingerprint density at radius 3 is 2.38 bits per heavy atom. The Balaban J connectivity index is 1.83. The van der Waals surface area contributed by atoms with E-state index in [1.807, 2.05) is 0 Å². The fourth-order valence-electron chi connectivity index (χ4n) is 3.60. The summed E-state index contributed by atoms with van der Waals surface area (Å²) in [6.45, 7) is 3.01. The van der Waals surface area contributed by atoms with Gasteiger partial charge in [-0.1, -0.05) is 62.6 Å². The quantitative estimate of drug-likeness (QED) is 0.251. The second-order valence-electron chi connectivity index (χ2n) is 6.45. The molecule has 0 amide bonds. The van der Waals surface area contributed by atoms with Crippen LogP contribution in [-0.4, -0.2) is 6.61 Å². The van der Waals surface area contributed by atoms with E-state index < -0.39 is 0 Å². The van der Waals surface area contributed by atoms with Crippen LogP contribution in [0.4, 0.5) is 0 Å². The molecule has 0 aliphatic rings. The zero-order chi connectivity index (χ0) is 16.5. The van der Waals surface area contributed by atoms with Crippen molar-refractivity contribution >= 4 is 48.2 Å². The normalized spacial score (nSPS) is 11.8. The van der Waals surface area contributed by atoms with E-state index in [9.17, 15) is 0 Å². The molecule has 0 N–H and O–H groups in total. The van der Waals surface area contributed by atoms with Gasteiger partial charge in [-0.25, -0.2) is 0 Å². The molecule has 4 aromatic rings. The Labute approximate surface area is 151 Å². The number of hydrogen-bond acceptors (Lipinski definition) is 1. The van der Waals surface area contributed by atoms with Crippen molar-refractivity contribution < 1.29 is 4.74 Å². The van der Waals surface area contributed by atoms with Crippen LogP contribution < -0.4 is 4.74 Å². The molecule has 0 spiro atoms. The summed E-state index contributed by atoms with van der Waals surface area (Å²) >= 11 is 3.72. The predicted molar refractivity (Wildman–Crippen MR) is 107 cm³/mol. The first-order valence-electron chi connectivity index (χ1n) is 8.78. The van der Waals surface area contributed by atoms with Crippen LogP contribution >= 0.6 is 15.9 Å². The molecule has 24 heavy (non-hydrogen) atoms. The van der Waals surface area contributed by atoms with Crippen LogP contribution in [0.1, 0.15) is 32.6 Å². The molecule has 0 saturated heterocycles. The lowest BCUT2D eigenvalue weighted by Gasteiger charge is -2.16. The first-order valence-corrected chi connectivity index (χ1v) is 9.57. The van der Waals surface area contributed by atoms with Gasteiger partial charge in [-0.3, -0.25) is 0 Å². The number of halogens is 1. The third-order valence-electron chi connectivity index (χ3n) is 4.80. The molecule has 122 valence electrons. The van der Waals surface area contributed by atoms with Gasteiger partial charge in [0.25, 0.3) is 0 Å². The van der Waals surface area contributed by atoms with Crippen molar-refractivity contribution in [1.82, 2.24) is 0 Å². The summed E-state index contributed by atoms with van der Waals surface area (Å²) in [6.07, 6.45) is 4.88. The molecule has 0 heterocycles. The molecule has 0 saturated carbocycles. The monoisotopic (exact) mass is 380 g/mol. The first kappa shape index (κ1) is 15.7. The average molecular weight is 381 g/mol. The van der Waals surface area contributed by atoms with E-state index in [-0.39, 0.29) is 0 Å². The van der Waals surface area contributed by atoms with Crippen molar-refractivity contribution in [2.75, 3.05) is 6.61 Å². The maximum Gasteiger partial charge on any atom is 0.141 e. The fraction of sp³-hybridized carbons (Fsp3) is 0.273. The molecule has 0 aromatic heterocycles. The molecule has 0 aliphatic carbocycles. The minimum Gasteiger partial charge on any atom is -0.492 e. The van der Waals surface area contributed by atoms with E-state index in [1.165, 1.54) is 51.6 Å². The van der Waals surface area contributed by atoms with E-state index in [0.717, 1.165) is 23.2 Å². The zero-order valence-electron chi connectivity index (χ0n) is 13.9. The van der Waals surface area contributed by atoms with Crippen molar-refractivity contribution in [1.29, 1.82) is 0 Å². The zero-order valence-corrected chi connectivity index (χ0v) is 15.5. The first-order chi connectivity index (χ1) is 11.8. The Morgan fingerprint density at radius 1 is 0.833 bits per heavy atom. The molecule has 4 rings (SSSR count). The largest absolute Gasteiger partial charge is 0.492 e. The van der Waals surface area contributed by atoms with Gasteiger partial charge in [0, 0.05) is 10.8 Å². The number of unbranched alkanes of at least 4 members (excludes halogenated alkanes) is 3. The molecule has 0 aliphatic heterocycles. The van der Waals surface area contributed by atoms with Crippen LogP contribution in [0.5, 0.6) is 5.75 Å². The van der Waals surface area contributed by atoms with Gasteiger partial charge >= 0.3 is 0 Å². The summed E-state index contributed by atoms with van der Waals surface area (Å²) in [6, 6.07) is 17.5. The summed E-state index contributed by atoms with van der Waals surface area (Å²) in [4.78, 5) is 0. The van der Waals surface area contributed by atoms with Crippen LogP contribution in [0.3, 0.4) is 0 Å². The van der Waals surface area contributed by atoms with Gasteiger partial charge in [0.1, 0.15) is 5.75 Å². The summed E-state index contributed by atoms with van der Waals surface area (Å²) in [7, 11) is 0. The van der Waals surface area contributed by atoms with E-state index in [4.69, 9.17) is 4.74 Å². The highest BCUT2D eigenvalue weighted by molar-refractivity contribution is 9.10. The van der Waals surface area contributed by atoms with Crippen molar-refractivity contribution in [3.63, 3.8) is 0 Å². The van der Waals surface area contributed by atoms with Gasteiger partial charge in [-0.15, -0.1) is 0 Å². The lowest BCUT2D eigenvalue weighted by Crippen LogP contribution is -1.99. The molecule has 4 aromatic carbocycles. The third kappa shape index (κ3) is 2.63. The third-order valence-corrected chi connectivity index (χ3v) is 5.39. The minimum atomic E-state index is 0.780. The molecular weight excluding hydrogens is 360 g/mol. The summed E-state index contributed by atoms with van der Waals surface area (Å²) in [5, 5.41) is 7.72. The van der Waals surface area contributed by atoms with E-state index >= 15 is 0 Å². The van der Waals surface area contributed by atoms with E-state index in [1.54, 1.807) is 0 Å². The van der Waals surface area contributed by atoms with Crippen molar-refractivity contribution in [3.05, 3.63) is 53.0 Å². The molecule has 0 fully saturated rings. The molecule has 0 unspecified atom stereocenters. The van der Waals surface area contributed by atoms with E-state index in [2.05, 4.69) is 71.4 Å². The molecule has 1 nitrogen and oxygen atoms in total. The number of rotatable bonds is 6. The van der Waals surface area contributed by atoms with Crippen LogP contribution in [0.2, 0.25) is 0 Å². The Kier molecular flexibility index (Phi) is 4.32. The molecular formula is C22H21BrO. The van der Waals surface area contributed by atoms with Crippen LogP contribution in [0.15, 0.2) is 53.0 Å². The topological polar surface area (TPSA) is 9.23 Å². The second-order valence-corrected chi connectivity index (χ2v) is 7.31. The smallest absolute Gasteiger partial charge is 0.141 e. The molecule has 0 bridgehead atoms. The Morgan fingerprint density at radius 2 is 1.58 bits per heavy atom. The van der Waals surface area contributed by atoms with Gasteiger partial charge in [-0.2, -0.15) is 0 Å². The average Bonchev–Trinajstić information content (AvgIpc) is 2.61. The van der Waals surface area contributed by atoms with Crippen molar-refractivity contribution in [3.8, 4) is 5.75 Å². The number of hydrogen-bond donors (Lipinski definition) is 0. The van der Waals surface area contributed by atoms with Gasteiger partial charge in [0.15, 0.2) is 0 Å². The second kappa shape index (κ2) is 6.60. The highest BCUT2D eigenvalue weighted by Gasteiger charge is 2.14. The minimum absolute atomic E-state index is 0.780.